The van der Waals surface area contributed by atoms with Gasteiger partial charge in [0.1, 0.15) is 12.9 Å². The molecule has 0 saturated carbocycles. The van der Waals surface area contributed by atoms with Crippen LogP contribution in [0.2, 0.25) is 0 Å². The van der Waals surface area contributed by atoms with Gasteiger partial charge in [0, 0.05) is 10.9 Å². The van der Waals surface area contributed by atoms with Crippen LogP contribution >= 0.6 is 7.14 Å². The van der Waals surface area contributed by atoms with Crippen LogP contribution in [0.5, 0.6) is 5.75 Å². The van der Waals surface area contributed by atoms with Crippen molar-refractivity contribution in [2.24, 2.45) is 0 Å². The Balaban J connectivity index is 2.20. The lowest BCUT2D eigenvalue weighted by atomic mass is 10.1. The molecule has 1 unspecified atom stereocenters. The van der Waals surface area contributed by atoms with Crippen LogP contribution in [0.15, 0.2) is 42.1 Å². The van der Waals surface area contributed by atoms with E-state index >= 15 is 0 Å². The first-order valence-electron chi connectivity index (χ1n) is 7.78. The summed E-state index contributed by atoms with van der Waals surface area (Å²) < 4.78 is 19.5. The van der Waals surface area contributed by atoms with Gasteiger partial charge in [-0.1, -0.05) is 39.0 Å². The third kappa shape index (κ3) is 2.23. The summed E-state index contributed by atoms with van der Waals surface area (Å²) in [6, 6.07) is 5.99. The van der Waals surface area contributed by atoms with Gasteiger partial charge < -0.3 is 14.2 Å². The smallest absolute Gasteiger partial charge is 0.145 e. The summed E-state index contributed by atoms with van der Waals surface area (Å²) in [7, 11) is -0.924. The number of ether oxygens (including phenoxy) is 1. The molecule has 2 aliphatic rings. The van der Waals surface area contributed by atoms with Crippen LogP contribution in [0.1, 0.15) is 33.6 Å². The average molecular weight is 317 g/mol. The number of hydrogen-bond acceptors (Lipinski definition) is 3. The van der Waals surface area contributed by atoms with Gasteiger partial charge in [0.25, 0.3) is 0 Å². The number of benzene rings is 1. The van der Waals surface area contributed by atoms with Crippen LogP contribution in [0.25, 0.3) is 0 Å². The summed E-state index contributed by atoms with van der Waals surface area (Å²) in [5, 5.41) is 0.636. The number of methoxy groups -OCH3 is 1. The highest BCUT2D eigenvalue weighted by molar-refractivity contribution is 7.74. The van der Waals surface area contributed by atoms with Crippen molar-refractivity contribution in [3.8, 4) is 5.75 Å². The number of allylic oxidation sites excluding steroid dienone is 4. The quantitative estimate of drug-likeness (QED) is 0.753. The molecular weight excluding hydrogens is 293 g/mol. The highest BCUT2D eigenvalue weighted by Gasteiger charge is 2.49. The molecule has 0 radical (unpaired) electrons. The lowest BCUT2D eigenvalue weighted by molar-refractivity contribution is 0.418. The fraction of sp³-hybridized carbons (Fsp3) is 0.444. The van der Waals surface area contributed by atoms with Crippen LogP contribution in [-0.2, 0) is 4.57 Å². The molecule has 3 rings (SSSR count). The zero-order chi connectivity index (χ0) is 16.0. The van der Waals surface area contributed by atoms with Gasteiger partial charge in [-0.05, 0) is 31.1 Å². The molecule has 0 amide bonds. The number of nitrogens with zero attached hydrogens (tertiary/aromatic N) is 1. The van der Waals surface area contributed by atoms with Gasteiger partial charge in [0.15, 0.2) is 0 Å². The van der Waals surface area contributed by atoms with E-state index in [1.165, 1.54) is 5.70 Å². The predicted molar refractivity (Wildman–Crippen MR) is 93.8 cm³/mol. The molecule has 0 spiro atoms. The van der Waals surface area contributed by atoms with E-state index in [4.69, 9.17) is 4.74 Å². The summed E-state index contributed by atoms with van der Waals surface area (Å²) in [5.74, 6) is 0.755. The minimum atomic E-state index is -2.58. The Morgan fingerprint density at radius 1 is 1.27 bits per heavy atom. The molecule has 118 valence electrons. The van der Waals surface area contributed by atoms with Crippen molar-refractivity contribution in [2.45, 2.75) is 38.8 Å². The fourth-order valence-corrected chi connectivity index (χ4v) is 6.27. The second kappa shape index (κ2) is 5.31. The van der Waals surface area contributed by atoms with E-state index in [-0.39, 0.29) is 5.16 Å². The zero-order valence-corrected chi connectivity index (χ0v) is 14.7. The van der Waals surface area contributed by atoms with Gasteiger partial charge in [-0.25, -0.2) is 0 Å². The van der Waals surface area contributed by atoms with Crippen molar-refractivity contribution in [1.29, 1.82) is 0 Å². The van der Waals surface area contributed by atoms with E-state index in [1.807, 2.05) is 12.1 Å². The van der Waals surface area contributed by atoms with Gasteiger partial charge in [0.05, 0.1) is 24.4 Å². The van der Waals surface area contributed by atoms with Crippen molar-refractivity contribution in [2.75, 3.05) is 18.3 Å². The molecule has 1 aliphatic carbocycles. The highest BCUT2D eigenvalue weighted by Crippen LogP contribution is 2.64. The molecule has 4 heteroatoms. The third-order valence-electron chi connectivity index (χ3n) is 4.61. The molecule has 1 aromatic rings. The third-order valence-corrected chi connectivity index (χ3v) is 8.63. The van der Waals surface area contributed by atoms with Gasteiger partial charge in [-0.2, -0.15) is 0 Å². The predicted octanol–water partition coefficient (Wildman–Crippen LogP) is 4.49. The fourth-order valence-electron chi connectivity index (χ4n) is 3.21. The Morgan fingerprint density at radius 2 is 2.05 bits per heavy atom. The van der Waals surface area contributed by atoms with Gasteiger partial charge in [-0.15, -0.1) is 0 Å². The second-order valence-electron chi connectivity index (χ2n) is 6.93. The molecule has 1 aromatic carbocycles. The topological polar surface area (TPSA) is 29.5 Å². The standard InChI is InChI=1S/C18H24NO2P/c1-18(2,3)22(20)13-19(14-9-6-5-7-10-14)15-11-8-12-16(21-4)17(15)22/h5-6,8-9,11-12H,7,10,13H2,1-4H3. The molecule has 1 heterocycles. The van der Waals surface area contributed by atoms with Crippen LogP contribution in [0.3, 0.4) is 0 Å². The second-order valence-corrected chi connectivity index (χ2v) is 10.5. The Bertz CT molecular complexity index is 698. The van der Waals surface area contributed by atoms with Gasteiger partial charge in [0.2, 0.25) is 0 Å². The summed E-state index contributed by atoms with van der Waals surface area (Å²) in [4.78, 5) is 2.24. The lowest BCUT2D eigenvalue weighted by Crippen LogP contribution is -2.25. The van der Waals surface area contributed by atoms with Crippen molar-refractivity contribution in [3.63, 3.8) is 0 Å². The van der Waals surface area contributed by atoms with E-state index in [0.29, 0.717) is 6.29 Å². The van der Waals surface area contributed by atoms with E-state index in [9.17, 15) is 4.57 Å². The van der Waals surface area contributed by atoms with Crippen molar-refractivity contribution in [1.82, 2.24) is 0 Å². The van der Waals surface area contributed by atoms with Gasteiger partial charge in [-0.3, -0.25) is 0 Å². The molecule has 0 N–H and O–H groups in total. The molecule has 0 aromatic heterocycles. The van der Waals surface area contributed by atoms with Crippen LogP contribution in [-0.4, -0.2) is 18.6 Å². The average Bonchev–Trinajstić information content (AvgIpc) is 2.83. The number of rotatable bonds is 2. The number of fused-ring (bicyclic) bond motifs is 1. The van der Waals surface area contributed by atoms with E-state index < -0.39 is 7.14 Å². The van der Waals surface area contributed by atoms with E-state index in [2.05, 4.69) is 50.0 Å². The van der Waals surface area contributed by atoms with E-state index in [0.717, 1.165) is 29.6 Å². The Kier molecular flexibility index (Phi) is 3.72. The summed E-state index contributed by atoms with van der Waals surface area (Å²) in [6.07, 6.45) is 9.03. The van der Waals surface area contributed by atoms with Crippen LogP contribution in [0, 0.1) is 0 Å². The number of anilines is 1. The Morgan fingerprint density at radius 3 is 2.64 bits per heavy atom. The SMILES string of the molecule is COc1cccc2c1P(=O)(C(C)(C)C)CN2C1=CC=CCC1. The first-order chi connectivity index (χ1) is 10.4. The largest absolute Gasteiger partial charge is 0.496 e. The monoisotopic (exact) mass is 317 g/mol. The molecule has 0 saturated heterocycles. The summed E-state index contributed by atoms with van der Waals surface area (Å²) >= 11 is 0. The first-order valence-corrected chi connectivity index (χ1v) is 9.68. The van der Waals surface area contributed by atoms with Crippen molar-refractivity contribution < 1.29 is 9.30 Å². The normalized spacial score (nSPS) is 24.2. The van der Waals surface area contributed by atoms with Crippen molar-refractivity contribution >= 4 is 18.1 Å². The molecule has 1 aliphatic heterocycles. The lowest BCUT2D eigenvalue weighted by Gasteiger charge is -2.30. The van der Waals surface area contributed by atoms with Gasteiger partial charge >= 0.3 is 0 Å². The maximum absolute atomic E-state index is 13.9. The highest BCUT2D eigenvalue weighted by atomic mass is 31.2. The molecule has 3 nitrogen and oxygen atoms in total. The maximum atomic E-state index is 13.9. The Labute approximate surface area is 133 Å². The summed E-state index contributed by atoms with van der Waals surface area (Å²) in [5.41, 5.74) is 2.30. The zero-order valence-electron chi connectivity index (χ0n) is 13.8. The first kappa shape index (κ1) is 15.4. The molecule has 1 atom stereocenters. The van der Waals surface area contributed by atoms with Crippen LogP contribution < -0.4 is 14.9 Å². The van der Waals surface area contributed by atoms with Crippen LogP contribution in [0.4, 0.5) is 5.69 Å². The van der Waals surface area contributed by atoms with E-state index in [1.54, 1.807) is 7.11 Å². The number of hydrogen-bond donors (Lipinski definition) is 0. The molecular formula is C18H24NO2P. The Hall–Kier alpha value is -1.47. The minimum absolute atomic E-state index is 0.282. The minimum Gasteiger partial charge on any atom is -0.496 e. The molecule has 0 bridgehead atoms. The summed E-state index contributed by atoms with van der Waals surface area (Å²) in [6.45, 7) is 6.22. The molecule has 0 fully saturated rings. The van der Waals surface area contributed by atoms with Crippen molar-refractivity contribution in [3.05, 3.63) is 42.1 Å². The molecule has 22 heavy (non-hydrogen) atoms. The maximum Gasteiger partial charge on any atom is 0.145 e.